The van der Waals surface area contributed by atoms with E-state index >= 15 is 0 Å². The summed E-state index contributed by atoms with van der Waals surface area (Å²) < 4.78 is 18.1. The Bertz CT molecular complexity index is 581. The van der Waals surface area contributed by atoms with Gasteiger partial charge >= 0.3 is 6.03 Å². The van der Waals surface area contributed by atoms with Crippen molar-refractivity contribution in [3.05, 3.63) is 59.8 Å². The van der Waals surface area contributed by atoms with Crippen molar-refractivity contribution in [1.82, 2.24) is 10.6 Å². The lowest BCUT2D eigenvalue weighted by Gasteiger charge is -2.06. The highest BCUT2D eigenvalue weighted by Crippen LogP contribution is 2.05. The Morgan fingerprint density at radius 3 is 2.63 bits per heavy atom. The first-order valence-electron chi connectivity index (χ1n) is 5.53. The van der Waals surface area contributed by atoms with Crippen LogP contribution in [0.25, 0.3) is 0 Å². The number of nitrogens with one attached hydrogen (secondary N) is 2. The summed E-state index contributed by atoms with van der Waals surface area (Å²) in [4.78, 5) is 22.9. The summed E-state index contributed by atoms with van der Waals surface area (Å²) in [6.07, 6.45) is 1.33. The fraction of sp³-hybridized carbons (Fsp3) is 0.0769. The Labute approximate surface area is 108 Å². The predicted molar refractivity (Wildman–Crippen MR) is 64.8 cm³/mol. The van der Waals surface area contributed by atoms with Gasteiger partial charge in [-0.15, -0.1) is 0 Å². The van der Waals surface area contributed by atoms with E-state index in [1.807, 2.05) is 0 Å². The molecule has 0 unspecified atom stereocenters. The molecule has 2 rings (SSSR count). The smallest absolute Gasteiger partial charge is 0.322 e. The van der Waals surface area contributed by atoms with E-state index in [0.717, 1.165) is 0 Å². The largest absolute Gasteiger partial charge is 0.459 e. The summed E-state index contributed by atoms with van der Waals surface area (Å²) >= 11 is 0. The molecule has 0 saturated carbocycles. The zero-order chi connectivity index (χ0) is 13.7. The minimum atomic E-state index is -0.718. The van der Waals surface area contributed by atoms with Crippen LogP contribution in [-0.2, 0) is 6.54 Å². The van der Waals surface area contributed by atoms with Crippen LogP contribution in [0.5, 0.6) is 0 Å². The summed E-state index contributed by atoms with van der Waals surface area (Å²) in [5.41, 5.74) is 0.336. The summed E-state index contributed by atoms with van der Waals surface area (Å²) in [6.45, 7) is -0.00998. The van der Waals surface area contributed by atoms with Crippen LogP contribution in [-0.4, -0.2) is 11.9 Å². The molecule has 0 fully saturated rings. The van der Waals surface area contributed by atoms with Gasteiger partial charge in [-0.05, 0) is 18.2 Å². The van der Waals surface area contributed by atoms with Crippen molar-refractivity contribution in [2.75, 3.05) is 0 Å². The Morgan fingerprint density at radius 2 is 1.95 bits per heavy atom. The number of hydrogen-bond acceptors (Lipinski definition) is 3. The molecule has 0 atom stereocenters. The maximum Gasteiger partial charge on any atom is 0.322 e. The number of rotatable bonds is 3. The van der Waals surface area contributed by atoms with E-state index in [9.17, 15) is 14.0 Å². The van der Waals surface area contributed by atoms with Crippen LogP contribution < -0.4 is 10.6 Å². The van der Waals surface area contributed by atoms with Gasteiger partial charge in [0, 0.05) is 12.1 Å². The number of imide groups is 1. The number of furan rings is 1. The second kappa shape index (κ2) is 5.81. The molecule has 6 heteroatoms. The highest BCUT2D eigenvalue weighted by Gasteiger charge is 2.12. The van der Waals surface area contributed by atoms with Crippen LogP contribution in [0.1, 0.15) is 16.1 Å². The van der Waals surface area contributed by atoms with Gasteiger partial charge in [0.05, 0.1) is 6.26 Å². The first-order chi connectivity index (χ1) is 9.16. The Hall–Kier alpha value is -2.63. The number of hydrogen-bond donors (Lipinski definition) is 2. The maximum atomic E-state index is 13.3. The second-order valence-corrected chi connectivity index (χ2v) is 3.71. The van der Waals surface area contributed by atoms with Crippen molar-refractivity contribution in [2.45, 2.75) is 6.54 Å². The first kappa shape index (κ1) is 12.8. The third kappa shape index (κ3) is 3.41. The Balaban J connectivity index is 1.85. The van der Waals surface area contributed by atoms with Gasteiger partial charge in [-0.2, -0.15) is 0 Å². The topological polar surface area (TPSA) is 71.3 Å². The fourth-order valence-electron chi connectivity index (χ4n) is 1.43. The quantitative estimate of drug-likeness (QED) is 0.889. The van der Waals surface area contributed by atoms with Gasteiger partial charge in [-0.25, -0.2) is 9.18 Å². The minimum absolute atomic E-state index is 0.00998. The van der Waals surface area contributed by atoms with Crippen molar-refractivity contribution in [1.29, 1.82) is 0 Å². The summed E-state index contributed by atoms with van der Waals surface area (Å²) in [5.74, 6) is -1.04. The van der Waals surface area contributed by atoms with Gasteiger partial charge < -0.3 is 9.73 Å². The van der Waals surface area contributed by atoms with Crippen LogP contribution in [0.15, 0.2) is 47.1 Å². The molecule has 0 saturated heterocycles. The number of urea groups is 1. The number of carbonyl (C=O) groups excluding carboxylic acids is 2. The van der Waals surface area contributed by atoms with E-state index < -0.39 is 17.8 Å². The molecule has 2 N–H and O–H groups in total. The lowest BCUT2D eigenvalue weighted by molar-refractivity contribution is 0.0936. The first-order valence-corrected chi connectivity index (χ1v) is 5.53. The molecule has 19 heavy (non-hydrogen) atoms. The molecule has 0 aliphatic rings. The van der Waals surface area contributed by atoms with Crippen LogP contribution >= 0.6 is 0 Å². The SMILES string of the molecule is O=C(NCc1ccccc1F)NC(=O)c1ccco1. The standard InChI is InChI=1S/C13H11FN2O3/c14-10-5-2-1-4-9(10)8-15-13(18)16-12(17)11-6-3-7-19-11/h1-7H,8H2,(H2,15,16,17,18). The van der Waals surface area contributed by atoms with E-state index in [0.29, 0.717) is 5.56 Å². The van der Waals surface area contributed by atoms with Crippen LogP contribution in [0.3, 0.4) is 0 Å². The normalized spacial score (nSPS) is 9.95. The van der Waals surface area contributed by atoms with Crippen LogP contribution in [0.2, 0.25) is 0 Å². The molecular formula is C13H11FN2O3. The van der Waals surface area contributed by atoms with Gasteiger partial charge in [0.15, 0.2) is 5.76 Å². The van der Waals surface area contributed by atoms with Crippen LogP contribution in [0, 0.1) is 5.82 Å². The Morgan fingerprint density at radius 1 is 1.16 bits per heavy atom. The van der Waals surface area contributed by atoms with Gasteiger partial charge in [0.25, 0.3) is 5.91 Å². The molecule has 0 bridgehead atoms. The highest BCUT2D eigenvalue weighted by molar-refractivity contribution is 6.02. The number of halogens is 1. The monoisotopic (exact) mass is 262 g/mol. The second-order valence-electron chi connectivity index (χ2n) is 3.71. The predicted octanol–water partition coefficient (Wildman–Crippen LogP) is 2.06. The molecule has 1 aromatic carbocycles. The highest BCUT2D eigenvalue weighted by atomic mass is 19.1. The average Bonchev–Trinajstić information content (AvgIpc) is 2.91. The molecule has 98 valence electrons. The van der Waals surface area contributed by atoms with E-state index in [1.165, 1.54) is 24.5 Å². The van der Waals surface area contributed by atoms with Crippen molar-refractivity contribution >= 4 is 11.9 Å². The molecule has 3 amide bonds. The summed E-state index contributed by atoms with van der Waals surface area (Å²) in [7, 11) is 0. The van der Waals surface area contributed by atoms with Crippen molar-refractivity contribution in [2.24, 2.45) is 0 Å². The van der Waals surface area contributed by atoms with Crippen LogP contribution in [0.4, 0.5) is 9.18 Å². The zero-order valence-corrected chi connectivity index (χ0v) is 9.85. The van der Waals surface area contributed by atoms with E-state index in [4.69, 9.17) is 4.42 Å². The third-order valence-electron chi connectivity index (χ3n) is 2.37. The van der Waals surface area contributed by atoms with Crippen molar-refractivity contribution in [3.8, 4) is 0 Å². The fourth-order valence-corrected chi connectivity index (χ4v) is 1.43. The summed E-state index contributed by atoms with van der Waals surface area (Å²) in [5, 5.41) is 4.45. The van der Waals surface area contributed by atoms with Gasteiger partial charge in [0.1, 0.15) is 5.82 Å². The van der Waals surface area contributed by atoms with Gasteiger partial charge in [-0.3, -0.25) is 10.1 Å². The van der Waals surface area contributed by atoms with Gasteiger partial charge in [-0.1, -0.05) is 18.2 Å². The molecule has 1 heterocycles. The number of amides is 3. The van der Waals surface area contributed by atoms with Crippen molar-refractivity contribution in [3.63, 3.8) is 0 Å². The summed E-state index contributed by atoms with van der Waals surface area (Å²) in [6, 6.07) is 8.30. The maximum absolute atomic E-state index is 13.3. The van der Waals surface area contributed by atoms with E-state index in [-0.39, 0.29) is 12.3 Å². The molecule has 0 aliphatic heterocycles. The molecule has 0 radical (unpaired) electrons. The molecule has 2 aromatic rings. The molecule has 1 aromatic heterocycles. The van der Waals surface area contributed by atoms with Gasteiger partial charge in [0.2, 0.25) is 0 Å². The lowest BCUT2D eigenvalue weighted by atomic mass is 10.2. The third-order valence-corrected chi connectivity index (χ3v) is 2.37. The van der Waals surface area contributed by atoms with Crippen molar-refractivity contribution < 1.29 is 18.4 Å². The molecular weight excluding hydrogens is 251 g/mol. The Kier molecular flexibility index (Phi) is 3.92. The zero-order valence-electron chi connectivity index (χ0n) is 9.85. The molecule has 0 spiro atoms. The number of benzene rings is 1. The number of carbonyl (C=O) groups is 2. The molecule has 5 nitrogen and oxygen atoms in total. The molecule has 0 aliphatic carbocycles. The average molecular weight is 262 g/mol. The van der Waals surface area contributed by atoms with E-state index in [2.05, 4.69) is 10.6 Å². The minimum Gasteiger partial charge on any atom is -0.459 e. The lowest BCUT2D eigenvalue weighted by Crippen LogP contribution is -2.39. The van der Waals surface area contributed by atoms with E-state index in [1.54, 1.807) is 18.2 Å².